The van der Waals surface area contributed by atoms with Crippen molar-refractivity contribution in [3.05, 3.63) is 29.8 Å². The van der Waals surface area contributed by atoms with Crippen molar-refractivity contribution < 1.29 is 4.74 Å². The maximum atomic E-state index is 9.16. The Kier molecular flexibility index (Phi) is 3.58. The van der Waals surface area contributed by atoms with Crippen molar-refractivity contribution in [1.82, 2.24) is 0 Å². The Morgan fingerprint density at radius 3 is 2.78 bits per heavy atom. The molecule has 1 aromatic rings. The highest BCUT2D eigenvalue weighted by atomic mass is 16.5. The number of nitrogens with two attached hydrogens (primary N) is 1. The van der Waals surface area contributed by atoms with Gasteiger partial charge in [0.05, 0.1) is 6.07 Å². The van der Waals surface area contributed by atoms with E-state index in [9.17, 15) is 0 Å². The van der Waals surface area contributed by atoms with Gasteiger partial charge in [-0.25, -0.2) is 0 Å². The predicted molar refractivity (Wildman–Crippen MR) is 71.3 cm³/mol. The number of hydrogen-bond acceptors (Lipinski definition) is 3. The van der Waals surface area contributed by atoms with Crippen molar-refractivity contribution in [2.45, 2.75) is 38.1 Å². The van der Waals surface area contributed by atoms with E-state index in [1.54, 1.807) is 0 Å². The molecule has 1 aliphatic rings. The van der Waals surface area contributed by atoms with Gasteiger partial charge < -0.3 is 10.5 Å². The first-order valence-corrected chi connectivity index (χ1v) is 6.48. The second-order valence-corrected chi connectivity index (χ2v) is 5.44. The number of nitriles is 1. The summed E-state index contributed by atoms with van der Waals surface area (Å²) in [5, 5.41) is 9.16. The summed E-state index contributed by atoms with van der Waals surface area (Å²) in [6, 6.07) is 10.2. The van der Waals surface area contributed by atoms with Crippen LogP contribution in [0.5, 0.6) is 5.75 Å². The van der Waals surface area contributed by atoms with Gasteiger partial charge in [-0.3, -0.25) is 0 Å². The van der Waals surface area contributed by atoms with Crippen LogP contribution in [0.1, 0.15) is 38.2 Å². The zero-order valence-corrected chi connectivity index (χ0v) is 11.0. The molecule has 96 valence electrons. The smallest absolute Gasteiger partial charge is 0.141 e. The molecule has 1 aliphatic carbocycles. The van der Waals surface area contributed by atoms with E-state index in [1.165, 1.54) is 5.56 Å². The molecule has 18 heavy (non-hydrogen) atoms. The molecule has 0 saturated heterocycles. The average molecular weight is 244 g/mol. The molecule has 2 N–H and O–H groups in total. The largest absolute Gasteiger partial charge is 0.491 e. The van der Waals surface area contributed by atoms with E-state index in [1.807, 2.05) is 18.2 Å². The van der Waals surface area contributed by atoms with Gasteiger partial charge in [-0.05, 0) is 42.4 Å². The SMILES string of the molecule is CC(C)c1cccc(OCC(N)(C#N)C2CC2)c1. The first-order chi connectivity index (χ1) is 8.55. The van der Waals surface area contributed by atoms with E-state index < -0.39 is 5.54 Å². The minimum absolute atomic E-state index is 0.274. The second kappa shape index (κ2) is 4.99. The average Bonchev–Trinajstić information content (AvgIpc) is 3.21. The Balaban J connectivity index is 2.01. The summed E-state index contributed by atoms with van der Waals surface area (Å²) in [4.78, 5) is 0. The van der Waals surface area contributed by atoms with E-state index in [0.717, 1.165) is 18.6 Å². The second-order valence-electron chi connectivity index (χ2n) is 5.44. The Labute approximate surface area is 109 Å². The minimum atomic E-state index is -0.826. The molecule has 0 radical (unpaired) electrons. The van der Waals surface area contributed by atoms with Crippen LogP contribution in [-0.2, 0) is 0 Å². The highest BCUT2D eigenvalue weighted by molar-refractivity contribution is 5.30. The van der Waals surface area contributed by atoms with Gasteiger partial charge in [-0.2, -0.15) is 5.26 Å². The van der Waals surface area contributed by atoms with E-state index in [0.29, 0.717) is 11.8 Å². The molecule has 1 saturated carbocycles. The van der Waals surface area contributed by atoms with Gasteiger partial charge in [0.2, 0.25) is 0 Å². The van der Waals surface area contributed by atoms with Crippen LogP contribution in [0.15, 0.2) is 24.3 Å². The standard InChI is InChI=1S/C15H20N2O/c1-11(2)12-4-3-5-14(8-12)18-10-15(17,9-16)13-6-7-13/h3-5,8,11,13H,6-7,10,17H2,1-2H3. The lowest BCUT2D eigenvalue weighted by Crippen LogP contribution is -2.46. The van der Waals surface area contributed by atoms with Crippen LogP contribution in [-0.4, -0.2) is 12.1 Å². The summed E-state index contributed by atoms with van der Waals surface area (Å²) in [6.07, 6.45) is 2.08. The van der Waals surface area contributed by atoms with Gasteiger partial charge in [-0.15, -0.1) is 0 Å². The summed E-state index contributed by atoms with van der Waals surface area (Å²) < 4.78 is 5.71. The predicted octanol–water partition coefficient (Wildman–Crippen LogP) is 2.82. The molecular weight excluding hydrogens is 224 g/mol. The molecule has 2 rings (SSSR count). The molecule has 0 aliphatic heterocycles. The van der Waals surface area contributed by atoms with Gasteiger partial charge >= 0.3 is 0 Å². The van der Waals surface area contributed by atoms with Crippen LogP contribution in [0.2, 0.25) is 0 Å². The van der Waals surface area contributed by atoms with Crippen molar-refractivity contribution in [3.63, 3.8) is 0 Å². The fourth-order valence-corrected chi connectivity index (χ4v) is 2.01. The third kappa shape index (κ3) is 2.83. The summed E-state index contributed by atoms with van der Waals surface area (Å²) in [5.74, 6) is 1.57. The van der Waals surface area contributed by atoms with Crippen molar-refractivity contribution in [2.75, 3.05) is 6.61 Å². The molecule has 1 aromatic carbocycles. The summed E-state index contributed by atoms with van der Waals surface area (Å²) in [5.41, 5.74) is 6.47. The van der Waals surface area contributed by atoms with Crippen molar-refractivity contribution in [1.29, 1.82) is 5.26 Å². The topological polar surface area (TPSA) is 59.0 Å². The lowest BCUT2D eigenvalue weighted by molar-refractivity contribution is 0.237. The van der Waals surface area contributed by atoms with Crippen LogP contribution >= 0.6 is 0 Å². The van der Waals surface area contributed by atoms with Crippen LogP contribution in [0.25, 0.3) is 0 Å². The zero-order valence-electron chi connectivity index (χ0n) is 11.0. The Morgan fingerprint density at radius 2 is 2.22 bits per heavy atom. The third-order valence-corrected chi connectivity index (χ3v) is 3.52. The molecule has 0 spiro atoms. The lowest BCUT2D eigenvalue weighted by Gasteiger charge is -2.21. The third-order valence-electron chi connectivity index (χ3n) is 3.52. The Morgan fingerprint density at radius 1 is 1.50 bits per heavy atom. The van der Waals surface area contributed by atoms with E-state index >= 15 is 0 Å². The summed E-state index contributed by atoms with van der Waals surface area (Å²) in [7, 11) is 0. The monoisotopic (exact) mass is 244 g/mol. The van der Waals surface area contributed by atoms with Crippen LogP contribution in [0.3, 0.4) is 0 Å². The Hall–Kier alpha value is -1.53. The zero-order chi connectivity index (χ0) is 13.2. The van der Waals surface area contributed by atoms with Crippen LogP contribution < -0.4 is 10.5 Å². The number of nitrogens with zero attached hydrogens (tertiary/aromatic N) is 1. The van der Waals surface area contributed by atoms with Gasteiger partial charge in [0.25, 0.3) is 0 Å². The van der Waals surface area contributed by atoms with Crippen LogP contribution in [0, 0.1) is 17.2 Å². The van der Waals surface area contributed by atoms with Crippen molar-refractivity contribution in [2.24, 2.45) is 11.7 Å². The highest BCUT2D eigenvalue weighted by Gasteiger charge is 2.43. The molecule has 3 nitrogen and oxygen atoms in total. The molecular formula is C15H20N2O. The van der Waals surface area contributed by atoms with Gasteiger partial charge in [0, 0.05) is 0 Å². The summed E-state index contributed by atoms with van der Waals surface area (Å²) >= 11 is 0. The van der Waals surface area contributed by atoms with Gasteiger partial charge in [0.15, 0.2) is 0 Å². The summed E-state index contributed by atoms with van der Waals surface area (Å²) in [6.45, 7) is 4.56. The maximum Gasteiger partial charge on any atom is 0.141 e. The lowest BCUT2D eigenvalue weighted by atomic mass is 9.98. The molecule has 1 fully saturated rings. The van der Waals surface area contributed by atoms with Gasteiger partial charge in [0.1, 0.15) is 17.9 Å². The van der Waals surface area contributed by atoms with E-state index in [2.05, 4.69) is 26.0 Å². The van der Waals surface area contributed by atoms with Crippen LogP contribution in [0.4, 0.5) is 0 Å². The molecule has 0 heterocycles. The molecule has 1 unspecified atom stereocenters. The highest BCUT2D eigenvalue weighted by Crippen LogP contribution is 2.38. The fraction of sp³-hybridized carbons (Fsp3) is 0.533. The quantitative estimate of drug-likeness (QED) is 0.866. The normalized spacial score (nSPS) is 18.2. The van der Waals surface area contributed by atoms with Crippen molar-refractivity contribution in [3.8, 4) is 11.8 Å². The molecule has 3 heteroatoms. The minimum Gasteiger partial charge on any atom is -0.491 e. The fourth-order valence-electron chi connectivity index (χ4n) is 2.01. The molecule has 1 atom stereocenters. The molecule has 0 bridgehead atoms. The number of hydrogen-bond donors (Lipinski definition) is 1. The number of rotatable bonds is 5. The molecule has 0 aromatic heterocycles. The van der Waals surface area contributed by atoms with E-state index in [4.69, 9.17) is 15.7 Å². The van der Waals surface area contributed by atoms with Crippen molar-refractivity contribution >= 4 is 0 Å². The number of benzene rings is 1. The number of ether oxygens (including phenoxy) is 1. The first-order valence-electron chi connectivity index (χ1n) is 6.48. The first kappa shape index (κ1) is 12.9. The van der Waals surface area contributed by atoms with E-state index in [-0.39, 0.29) is 6.61 Å². The molecule has 0 amide bonds. The Bertz CT molecular complexity index is 460. The van der Waals surface area contributed by atoms with Gasteiger partial charge in [-0.1, -0.05) is 26.0 Å². The maximum absolute atomic E-state index is 9.16.